The van der Waals surface area contributed by atoms with Crippen molar-refractivity contribution in [1.29, 1.82) is 0 Å². The summed E-state index contributed by atoms with van der Waals surface area (Å²) < 4.78 is 19.1. The van der Waals surface area contributed by atoms with Crippen LogP contribution in [0.4, 0.5) is 4.39 Å². The normalized spacial score (nSPS) is 23.5. The van der Waals surface area contributed by atoms with E-state index in [2.05, 4.69) is 0 Å². The summed E-state index contributed by atoms with van der Waals surface area (Å²) >= 11 is 0. The number of hydrogen-bond acceptors (Lipinski definition) is 3. The Hall–Kier alpha value is -2.73. The Bertz CT molecular complexity index is 856. The van der Waals surface area contributed by atoms with Gasteiger partial charge in [-0.25, -0.2) is 4.39 Å². The molecular weight excluding hydrogens is 359 g/mol. The number of hydrogen-bond donors (Lipinski definition) is 0. The number of amides is 2. The van der Waals surface area contributed by atoms with E-state index in [4.69, 9.17) is 4.74 Å². The molecule has 4 rings (SSSR count). The molecule has 3 atom stereocenters. The van der Waals surface area contributed by atoms with Gasteiger partial charge in [-0.05, 0) is 23.3 Å². The number of carbonyl (C=O) groups excluding carboxylic acids is 2. The lowest BCUT2D eigenvalue weighted by atomic mass is 10.2. The molecule has 0 aromatic heterocycles. The number of nitrogens with zero attached hydrogens (tertiary/aromatic N) is 2. The molecule has 1 aliphatic carbocycles. The summed E-state index contributed by atoms with van der Waals surface area (Å²) in [5.41, 5.74) is 1.97. The summed E-state index contributed by atoms with van der Waals surface area (Å²) in [6.07, 6.45) is 0. The fourth-order valence-corrected chi connectivity index (χ4v) is 4.06. The van der Waals surface area contributed by atoms with Crippen molar-refractivity contribution in [2.45, 2.75) is 32.2 Å². The predicted octanol–water partition coefficient (Wildman–Crippen LogP) is 2.60. The average molecular weight is 382 g/mol. The molecule has 2 amide bonds. The van der Waals surface area contributed by atoms with Crippen molar-refractivity contribution in [3.05, 3.63) is 71.5 Å². The quantitative estimate of drug-likeness (QED) is 0.772. The number of halogens is 1. The summed E-state index contributed by atoms with van der Waals surface area (Å²) in [4.78, 5) is 28.1. The molecular formula is C22H23FN2O3. The van der Waals surface area contributed by atoms with Gasteiger partial charge in [-0.3, -0.25) is 9.59 Å². The van der Waals surface area contributed by atoms with Crippen molar-refractivity contribution in [1.82, 2.24) is 9.80 Å². The van der Waals surface area contributed by atoms with Gasteiger partial charge in [-0.1, -0.05) is 42.5 Å². The summed E-state index contributed by atoms with van der Waals surface area (Å²) in [6, 6.07) is 16.0. The maximum Gasteiger partial charge on any atom is 0.242 e. The van der Waals surface area contributed by atoms with Crippen LogP contribution in [0.2, 0.25) is 0 Å². The third-order valence-corrected chi connectivity index (χ3v) is 5.52. The van der Waals surface area contributed by atoms with E-state index in [1.165, 1.54) is 19.1 Å². The molecule has 1 saturated heterocycles. The highest BCUT2D eigenvalue weighted by Crippen LogP contribution is 2.44. The third kappa shape index (κ3) is 3.78. The fraction of sp³-hybridized carbons (Fsp3) is 0.364. The van der Waals surface area contributed by atoms with E-state index < -0.39 is 0 Å². The van der Waals surface area contributed by atoms with Gasteiger partial charge in [0.15, 0.2) is 0 Å². The maximum absolute atomic E-state index is 13.2. The minimum atomic E-state index is -0.298. The first-order valence-electron chi connectivity index (χ1n) is 9.47. The van der Waals surface area contributed by atoms with Crippen molar-refractivity contribution in [3.63, 3.8) is 0 Å². The Morgan fingerprint density at radius 2 is 1.79 bits per heavy atom. The number of ether oxygens (including phenoxy) is 1. The van der Waals surface area contributed by atoms with Crippen molar-refractivity contribution >= 4 is 11.8 Å². The number of rotatable bonds is 6. The van der Waals surface area contributed by atoms with Gasteiger partial charge in [0, 0.05) is 19.4 Å². The zero-order valence-electron chi connectivity index (χ0n) is 15.8. The van der Waals surface area contributed by atoms with E-state index in [9.17, 15) is 14.0 Å². The van der Waals surface area contributed by atoms with Crippen molar-refractivity contribution < 1.29 is 18.7 Å². The van der Waals surface area contributed by atoms with Crippen LogP contribution in [0.25, 0.3) is 0 Å². The third-order valence-electron chi connectivity index (χ3n) is 5.52. The Kier molecular flexibility index (Phi) is 5.13. The molecule has 2 aromatic rings. The fourth-order valence-electron chi connectivity index (χ4n) is 4.06. The highest BCUT2D eigenvalue weighted by Gasteiger charge is 2.61. The van der Waals surface area contributed by atoms with Crippen LogP contribution in [0.15, 0.2) is 54.6 Å². The maximum atomic E-state index is 13.2. The van der Waals surface area contributed by atoms with Gasteiger partial charge in [0.05, 0.1) is 25.3 Å². The van der Waals surface area contributed by atoms with Crippen LogP contribution in [-0.2, 0) is 27.5 Å². The van der Waals surface area contributed by atoms with Crippen molar-refractivity contribution in [2.75, 3.05) is 13.2 Å². The average Bonchev–Trinajstić information content (AvgIpc) is 3.40. The zero-order valence-corrected chi connectivity index (χ0v) is 15.8. The Morgan fingerprint density at radius 1 is 1.07 bits per heavy atom. The molecule has 28 heavy (non-hydrogen) atoms. The van der Waals surface area contributed by atoms with Crippen LogP contribution in [0.3, 0.4) is 0 Å². The molecule has 1 heterocycles. The van der Waals surface area contributed by atoms with Crippen molar-refractivity contribution in [2.24, 2.45) is 5.92 Å². The molecule has 0 bridgehead atoms. The van der Waals surface area contributed by atoms with E-state index in [1.807, 2.05) is 35.2 Å². The van der Waals surface area contributed by atoms with Gasteiger partial charge in [-0.2, -0.15) is 0 Å². The first-order chi connectivity index (χ1) is 13.5. The summed E-state index contributed by atoms with van der Waals surface area (Å²) in [7, 11) is 0. The first kappa shape index (κ1) is 18.6. The molecule has 6 heteroatoms. The van der Waals surface area contributed by atoms with Gasteiger partial charge in [0.1, 0.15) is 12.4 Å². The molecule has 1 aliphatic heterocycles. The van der Waals surface area contributed by atoms with E-state index in [0.29, 0.717) is 19.8 Å². The van der Waals surface area contributed by atoms with Crippen molar-refractivity contribution in [3.8, 4) is 0 Å². The largest absolute Gasteiger partial charge is 0.376 e. The minimum absolute atomic E-state index is 0.00794. The van der Waals surface area contributed by atoms with Gasteiger partial charge in [0.25, 0.3) is 0 Å². The number of benzene rings is 2. The lowest BCUT2D eigenvalue weighted by Gasteiger charge is -2.33. The smallest absolute Gasteiger partial charge is 0.242 e. The standard InChI is InChI=1S/C22H23FN2O3/c1-15(26)24-12-20(27)25(11-16-7-9-18(23)10-8-16)22-19(21(22)24)14-28-13-17-5-3-2-4-6-17/h2-10,19,21-22H,11-14H2,1H3/t19-,21-,22+/m0/s1. The van der Waals surface area contributed by atoms with E-state index in [0.717, 1.165) is 11.1 Å². The monoisotopic (exact) mass is 382 g/mol. The second-order valence-corrected chi connectivity index (χ2v) is 7.44. The SMILES string of the molecule is CC(=O)N1CC(=O)N(Cc2ccc(F)cc2)[C@@H]2[C@@H](COCc3ccccc3)[C@@H]21. The molecule has 2 aromatic carbocycles. The van der Waals surface area contributed by atoms with Crippen LogP contribution in [-0.4, -0.2) is 46.8 Å². The molecule has 0 N–H and O–H groups in total. The molecule has 0 unspecified atom stereocenters. The van der Waals surface area contributed by atoms with Crippen LogP contribution in [0.5, 0.6) is 0 Å². The van der Waals surface area contributed by atoms with Crippen LogP contribution < -0.4 is 0 Å². The lowest BCUT2D eigenvalue weighted by Crippen LogP contribution is -2.51. The van der Waals surface area contributed by atoms with Gasteiger partial charge >= 0.3 is 0 Å². The number of piperazine rings is 1. The molecule has 2 aliphatic rings. The van der Waals surface area contributed by atoms with Gasteiger partial charge < -0.3 is 14.5 Å². The molecule has 0 radical (unpaired) electrons. The number of fused-ring (bicyclic) bond motifs is 1. The summed E-state index contributed by atoms with van der Waals surface area (Å²) in [6.45, 7) is 3.00. The van der Waals surface area contributed by atoms with Crippen LogP contribution >= 0.6 is 0 Å². The highest BCUT2D eigenvalue weighted by atomic mass is 19.1. The zero-order chi connectivity index (χ0) is 19.7. The second kappa shape index (κ2) is 7.72. The summed E-state index contributed by atoms with van der Waals surface area (Å²) in [5.74, 6) is -0.367. The summed E-state index contributed by atoms with van der Waals surface area (Å²) in [5, 5.41) is 0. The predicted molar refractivity (Wildman–Crippen MR) is 102 cm³/mol. The van der Waals surface area contributed by atoms with E-state index in [-0.39, 0.29) is 42.2 Å². The molecule has 0 spiro atoms. The van der Waals surface area contributed by atoms with E-state index in [1.54, 1.807) is 17.0 Å². The molecule has 1 saturated carbocycles. The lowest BCUT2D eigenvalue weighted by molar-refractivity contribution is -0.144. The van der Waals surface area contributed by atoms with Gasteiger partial charge in [0.2, 0.25) is 11.8 Å². The van der Waals surface area contributed by atoms with Crippen LogP contribution in [0.1, 0.15) is 18.1 Å². The highest BCUT2D eigenvalue weighted by molar-refractivity contribution is 5.87. The minimum Gasteiger partial charge on any atom is -0.376 e. The Labute approximate surface area is 163 Å². The molecule has 146 valence electrons. The Balaban J connectivity index is 1.44. The number of carbonyl (C=O) groups is 2. The Morgan fingerprint density at radius 3 is 2.46 bits per heavy atom. The molecule has 2 fully saturated rings. The topological polar surface area (TPSA) is 49.9 Å². The molecule has 5 nitrogen and oxygen atoms in total. The van der Waals surface area contributed by atoms with E-state index >= 15 is 0 Å². The second-order valence-electron chi connectivity index (χ2n) is 7.44. The van der Waals surface area contributed by atoms with Gasteiger partial charge in [-0.15, -0.1) is 0 Å². The van der Waals surface area contributed by atoms with Crippen LogP contribution in [0, 0.1) is 11.7 Å². The first-order valence-corrected chi connectivity index (χ1v) is 9.47.